The summed E-state index contributed by atoms with van der Waals surface area (Å²) in [6, 6.07) is 3.88. The van der Waals surface area contributed by atoms with E-state index in [2.05, 4.69) is 5.32 Å². The number of nitrogens with one attached hydrogen (secondary N) is 1. The van der Waals surface area contributed by atoms with Gasteiger partial charge in [0.2, 0.25) is 0 Å². The van der Waals surface area contributed by atoms with Crippen molar-refractivity contribution in [3.63, 3.8) is 0 Å². The Hall–Kier alpha value is -2.28. The molecule has 7 heteroatoms. The third-order valence-corrected chi connectivity index (χ3v) is 3.53. The number of carboxylic acids is 1. The summed E-state index contributed by atoms with van der Waals surface area (Å²) in [5, 5.41) is 20.9. The van der Waals surface area contributed by atoms with E-state index in [0.717, 1.165) is 12.8 Å². The van der Waals surface area contributed by atoms with Crippen LogP contribution in [-0.4, -0.2) is 53.4 Å². The molecule has 1 atom stereocenters. The van der Waals surface area contributed by atoms with E-state index < -0.39 is 5.97 Å². The third-order valence-electron chi connectivity index (χ3n) is 3.53. The van der Waals surface area contributed by atoms with Crippen molar-refractivity contribution in [1.29, 1.82) is 0 Å². The fourth-order valence-electron chi connectivity index (χ4n) is 2.43. The number of ether oxygens (including phenoxy) is 1. The van der Waals surface area contributed by atoms with E-state index in [0.29, 0.717) is 12.2 Å². The lowest BCUT2D eigenvalue weighted by Gasteiger charge is -2.23. The van der Waals surface area contributed by atoms with Gasteiger partial charge in [-0.2, -0.15) is 0 Å². The molecule has 3 N–H and O–H groups in total. The van der Waals surface area contributed by atoms with E-state index in [1.54, 1.807) is 4.90 Å². The SMILES string of the molecule is COc1cc(NC(=O)N2CCCC2CO)ccc1C(=O)O. The molecule has 0 saturated carbocycles. The molecule has 1 saturated heterocycles. The first-order chi connectivity index (χ1) is 10.1. The Morgan fingerprint density at radius 2 is 2.24 bits per heavy atom. The fraction of sp³-hybridized carbons (Fsp3) is 0.429. The van der Waals surface area contributed by atoms with E-state index in [-0.39, 0.29) is 30.0 Å². The van der Waals surface area contributed by atoms with Gasteiger partial charge in [-0.15, -0.1) is 0 Å². The van der Waals surface area contributed by atoms with Gasteiger partial charge in [-0.1, -0.05) is 0 Å². The van der Waals surface area contributed by atoms with Crippen LogP contribution in [-0.2, 0) is 0 Å². The predicted molar refractivity (Wildman–Crippen MR) is 75.8 cm³/mol. The van der Waals surface area contributed by atoms with Crippen LogP contribution in [0.1, 0.15) is 23.2 Å². The molecule has 114 valence electrons. The number of amides is 2. The normalized spacial score (nSPS) is 17.6. The average molecular weight is 294 g/mol. The van der Waals surface area contributed by atoms with Gasteiger partial charge in [0.25, 0.3) is 0 Å². The minimum Gasteiger partial charge on any atom is -0.496 e. The molecule has 1 aliphatic rings. The first kappa shape index (κ1) is 15.1. The molecular formula is C14H18N2O5. The first-order valence-electron chi connectivity index (χ1n) is 6.66. The summed E-state index contributed by atoms with van der Waals surface area (Å²) >= 11 is 0. The zero-order chi connectivity index (χ0) is 15.4. The van der Waals surface area contributed by atoms with Crippen molar-refractivity contribution in [2.45, 2.75) is 18.9 Å². The topological polar surface area (TPSA) is 99.1 Å². The van der Waals surface area contributed by atoms with Gasteiger partial charge in [0.15, 0.2) is 0 Å². The minimum absolute atomic E-state index is 0.0323. The van der Waals surface area contributed by atoms with Gasteiger partial charge in [0.1, 0.15) is 11.3 Å². The van der Waals surface area contributed by atoms with E-state index in [1.807, 2.05) is 0 Å². The lowest BCUT2D eigenvalue weighted by Crippen LogP contribution is -2.40. The molecule has 1 unspecified atom stereocenters. The van der Waals surface area contributed by atoms with Crippen LogP contribution in [0.15, 0.2) is 18.2 Å². The quantitative estimate of drug-likeness (QED) is 0.779. The van der Waals surface area contributed by atoms with Crippen LogP contribution in [0.4, 0.5) is 10.5 Å². The maximum Gasteiger partial charge on any atom is 0.339 e. The molecule has 1 fully saturated rings. The zero-order valence-corrected chi connectivity index (χ0v) is 11.7. The minimum atomic E-state index is -1.09. The van der Waals surface area contributed by atoms with Crippen LogP contribution in [0.2, 0.25) is 0 Å². The van der Waals surface area contributed by atoms with Gasteiger partial charge >= 0.3 is 12.0 Å². The van der Waals surface area contributed by atoms with Crippen LogP contribution in [0.3, 0.4) is 0 Å². The van der Waals surface area contributed by atoms with Crippen molar-refractivity contribution >= 4 is 17.7 Å². The first-order valence-corrected chi connectivity index (χ1v) is 6.66. The van der Waals surface area contributed by atoms with Crippen molar-refractivity contribution < 1.29 is 24.5 Å². The Labute approximate surface area is 122 Å². The number of aromatic carboxylic acids is 1. The number of aliphatic hydroxyl groups is 1. The van der Waals surface area contributed by atoms with Gasteiger partial charge in [0, 0.05) is 18.3 Å². The van der Waals surface area contributed by atoms with Crippen molar-refractivity contribution in [2.75, 3.05) is 25.6 Å². The summed E-state index contributed by atoms with van der Waals surface area (Å²) in [6.45, 7) is 0.538. The highest BCUT2D eigenvalue weighted by Crippen LogP contribution is 2.24. The van der Waals surface area contributed by atoms with Gasteiger partial charge in [-0.05, 0) is 25.0 Å². The lowest BCUT2D eigenvalue weighted by atomic mass is 10.2. The second-order valence-electron chi connectivity index (χ2n) is 4.82. The van der Waals surface area contributed by atoms with Crippen LogP contribution >= 0.6 is 0 Å². The van der Waals surface area contributed by atoms with E-state index >= 15 is 0 Å². The van der Waals surface area contributed by atoms with Gasteiger partial charge in [-0.3, -0.25) is 0 Å². The lowest BCUT2D eigenvalue weighted by molar-refractivity contribution is 0.0693. The molecule has 0 bridgehead atoms. The van der Waals surface area contributed by atoms with Crippen LogP contribution in [0, 0.1) is 0 Å². The molecule has 1 heterocycles. The van der Waals surface area contributed by atoms with Crippen LogP contribution in [0.25, 0.3) is 0 Å². The Morgan fingerprint density at radius 3 is 2.86 bits per heavy atom. The molecule has 2 rings (SSSR count). The number of hydrogen-bond acceptors (Lipinski definition) is 4. The Kier molecular flexibility index (Phi) is 4.64. The molecule has 0 radical (unpaired) electrons. The number of rotatable bonds is 4. The number of methoxy groups -OCH3 is 1. The molecule has 0 spiro atoms. The smallest absolute Gasteiger partial charge is 0.339 e. The molecule has 7 nitrogen and oxygen atoms in total. The number of hydrogen-bond donors (Lipinski definition) is 3. The number of carboxylic acid groups (broad SMARTS) is 1. The van der Waals surface area contributed by atoms with E-state index in [9.17, 15) is 14.7 Å². The maximum absolute atomic E-state index is 12.1. The second-order valence-corrected chi connectivity index (χ2v) is 4.82. The van der Waals surface area contributed by atoms with E-state index in [4.69, 9.17) is 9.84 Å². The number of carbonyl (C=O) groups is 2. The van der Waals surface area contributed by atoms with Crippen LogP contribution in [0.5, 0.6) is 5.75 Å². The highest BCUT2D eigenvalue weighted by molar-refractivity contribution is 5.94. The number of carbonyl (C=O) groups excluding carboxylic acids is 1. The summed E-state index contributed by atoms with van der Waals surface area (Å²) < 4.78 is 5.01. The number of anilines is 1. The average Bonchev–Trinajstić information content (AvgIpc) is 2.95. The summed E-state index contributed by atoms with van der Waals surface area (Å²) in [5.41, 5.74) is 0.482. The molecule has 1 aromatic rings. The summed E-state index contributed by atoms with van der Waals surface area (Å²) in [4.78, 5) is 24.7. The Bertz CT molecular complexity index is 546. The molecular weight excluding hydrogens is 276 g/mol. The molecule has 21 heavy (non-hydrogen) atoms. The van der Waals surface area contributed by atoms with Gasteiger partial charge < -0.3 is 25.2 Å². The third kappa shape index (κ3) is 3.25. The number of likely N-dealkylation sites (tertiary alicyclic amines) is 1. The highest BCUT2D eigenvalue weighted by Gasteiger charge is 2.28. The monoisotopic (exact) mass is 294 g/mol. The number of aliphatic hydroxyl groups excluding tert-OH is 1. The second kappa shape index (κ2) is 6.45. The molecule has 1 aliphatic heterocycles. The fourth-order valence-corrected chi connectivity index (χ4v) is 2.43. The summed E-state index contributed by atoms with van der Waals surface area (Å²) in [6.07, 6.45) is 1.64. The number of urea groups is 1. The number of nitrogens with zero attached hydrogens (tertiary/aromatic N) is 1. The Balaban J connectivity index is 2.12. The summed E-state index contributed by atoms with van der Waals surface area (Å²) in [7, 11) is 1.37. The predicted octanol–water partition coefficient (Wildman–Crippen LogP) is 1.38. The van der Waals surface area contributed by atoms with Gasteiger partial charge in [0.05, 0.1) is 19.8 Å². The van der Waals surface area contributed by atoms with E-state index in [1.165, 1.54) is 25.3 Å². The molecule has 2 amide bonds. The van der Waals surface area contributed by atoms with Crippen LogP contribution < -0.4 is 10.1 Å². The van der Waals surface area contributed by atoms with Gasteiger partial charge in [-0.25, -0.2) is 9.59 Å². The van der Waals surface area contributed by atoms with Crippen molar-refractivity contribution in [2.24, 2.45) is 0 Å². The summed E-state index contributed by atoms with van der Waals surface area (Å²) in [5.74, 6) is -0.912. The Morgan fingerprint density at radius 1 is 1.48 bits per heavy atom. The molecule has 0 aliphatic carbocycles. The van der Waals surface area contributed by atoms with Crippen molar-refractivity contribution in [3.05, 3.63) is 23.8 Å². The number of benzene rings is 1. The maximum atomic E-state index is 12.1. The highest BCUT2D eigenvalue weighted by atomic mass is 16.5. The van der Waals surface area contributed by atoms with Crippen molar-refractivity contribution in [1.82, 2.24) is 4.90 Å². The molecule has 1 aromatic carbocycles. The largest absolute Gasteiger partial charge is 0.496 e. The standard InChI is InChI=1S/C14H18N2O5/c1-21-12-7-9(4-5-11(12)13(18)19)15-14(20)16-6-2-3-10(16)8-17/h4-5,7,10,17H,2-3,6,8H2,1H3,(H,15,20)(H,18,19). The molecule has 0 aromatic heterocycles. The van der Waals surface area contributed by atoms with Crippen molar-refractivity contribution in [3.8, 4) is 5.75 Å². The zero-order valence-electron chi connectivity index (χ0n) is 11.7.